The molecule has 0 aliphatic rings. The van der Waals surface area contributed by atoms with Gasteiger partial charge in [-0.05, 0) is 30.7 Å². The minimum atomic E-state index is -2.68. The van der Waals surface area contributed by atoms with Crippen molar-refractivity contribution in [3.63, 3.8) is 0 Å². The Morgan fingerprint density at radius 1 is 1.38 bits per heavy atom. The monoisotopic (exact) mass is 212 g/mol. The molecule has 1 rings (SSSR count). The van der Waals surface area contributed by atoms with E-state index in [0.717, 1.165) is 0 Å². The zero-order chi connectivity index (χ0) is 9.14. The van der Waals surface area contributed by atoms with Crippen LogP contribution in [-0.2, 0) is 10.9 Å². The summed E-state index contributed by atoms with van der Waals surface area (Å²) in [6, 6.07) is 3.85. The molecule has 0 aliphatic heterocycles. The maximum absolute atomic E-state index is 12.5. The van der Waals surface area contributed by atoms with E-state index >= 15 is 0 Å². The molecule has 0 aliphatic carbocycles. The molecule has 0 amide bonds. The third-order valence-corrected chi connectivity index (χ3v) is 1.82. The number of nitrogens with one attached hydrogen (secondary N) is 1. The van der Waals surface area contributed by atoms with Gasteiger partial charge in [0, 0.05) is 29.6 Å². The Hall–Kier alpha value is -0.100. The van der Waals surface area contributed by atoms with E-state index in [0.29, 0.717) is 11.3 Å². The second-order valence-corrected chi connectivity index (χ2v) is 3.07. The van der Waals surface area contributed by atoms with Crippen molar-refractivity contribution in [2.45, 2.75) is 6.92 Å². The van der Waals surface area contributed by atoms with Crippen molar-refractivity contribution in [1.82, 2.24) is 0 Å². The summed E-state index contributed by atoms with van der Waals surface area (Å²) >= 11 is 0. The van der Waals surface area contributed by atoms with E-state index < -0.39 is 10.9 Å². The van der Waals surface area contributed by atoms with Gasteiger partial charge in [-0.3, -0.25) is 4.72 Å². The van der Waals surface area contributed by atoms with Crippen LogP contribution in [0, 0.1) is 12.7 Å². The van der Waals surface area contributed by atoms with Gasteiger partial charge >= 0.3 is 0 Å². The van der Waals surface area contributed by atoms with Gasteiger partial charge in [0.1, 0.15) is 5.82 Å². The van der Waals surface area contributed by atoms with Crippen LogP contribution in [0.3, 0.4) is 0 Å². The van der Waals surface area contributed by atoms with Gasteiger partial charge in [0.2, 0.25) is 10.9 Å². The SMILES string of the molecule is Cc1cc(F)ccc1N[SH](=O)=O.[Na]. The van der Waals surface area contributed by atoms with Crippen molar-refractivity contribution in [3.8, 4) is 0 Å². The van der Waals surface area contributed by atoms with Crippen LogP contribution in [-0.4, -0.2) is 38.0 Å². The van der Waals surface area contributed by atoms with Crippen molar-refractivity contribution in [1.29, 1.82) is 0 Å². The van der Waals surface area contributed by atoms with Gasteiger partial charge in [0.25, 0.3) is 0 Å². The first-order valence-corrected chi connectivity index (χ1v) is 4.44. The molecule has 0 spiro atoms. The Bertz CT molecular complexity index is 360. The molecule has 3 nitrogen and oxygen atoms in total. The Morgan fingerprint density at radius 3 is 2.46 bits per heavy atom. The van der Waals surface area contributed by atoms with Crippen LogP contribution in [0.15, 0.2) is 18.2 Å². The molecule has 1 N–H and O–H groups in total. The topological polar surface area (TPSA) is 46.2 Å². The van der Waals surface area contributed by atoms with Crippen molar-refractivity contribution in [2.75, 3.05) is 4.72 Å². The Morgan fingerprint density at radius 2 is 2.00 bits per heavy atom. The van der Waals surface area contributed by atoms with Crippen molar-refractivity contribution in [2.24, 2.45) is 0 Å². The Labute approximate surface area is 99.7 Å². The smallest absolute Gasteiger partial charge is 0.222 e. The van der Waals surface area contributed by atoms with Gasteiger partial charge in [-0.1, -0.05) is 0 Å². The van der Waals surface area contributed by atoms with Crippen LogP contribution in [0.1, 0.15) is 5.56 Å². The Kier molecular flexibility index (Phi) is 5.55. The van der Waals surface area contributed by atoms with Gasteiger partial charge in [-0.25, -0.2) is 12.8 Å². The summed E-state index contributed by atoms with van der Waals surface area (Å²) < 4.78 is 35.2. The maximum atomic E-state index is 12.5. The van der Waals surface area contributed by atoms with E-state index in [1.54, 1.807) is 6.92 Å². The summed E-state index contributed by atoms with van der Waals surface area (Å²) in [4.78, 5) is 0. The van der Waals surface area contributed by atoms with Gasteiger partial charge in [-0.2, -0.15) is 0 Å². The maximum Gasteiger partial charge on any atom is 0.222 e. The number of benzene rings is 1. The van der Waals surface area contributed by atoms with Crippen molar-refractivity contribution in [3.05, 3.63) is 29.6 Å². The molecule has 0 saturated heterocycles. The number of hydrogen-bond acceptors (Lipinski definition) is 2. The van der Waals surface area contributed by atoms with Gasteiger partial charge in [-0.15, -0.1) is 0 Å². The van der Waals surface area contributed by atoms with E-state index in [9.17, 15) is 12.8 Å². The van der Waals surface area contributed by atoms with E-state index in [1.807, 2.05) is 0 Å². The molecule has 67 valence electrons. The average Bonchev–Trinajstić information content (AvgIpc) is 1.94. The van der Waals surface area contributed by atoms with E-state index in [4.69, 9.17) is 0 Å². The first kappa shape index (κ1) is 12.9. The average molecular weight is 212 g/mol. The summed E-state index contributed by atoms with van der Waals surface area (Å²) in [5.74, 6) is -0.376. The van der Waals surface area contributed by atoms with E-state index in [2.05, 4.69) is 4.72 Å². The molecule has 13 heavy (non-hydrogen) atoms. The molecular weight excluding hydrogens is 204 g/mol. The number of aryl methyl sites for hydroxylation is 1. The predicted molar refractivity (Wildman–Crippen MR) is 50.8 cm³/mol. The van der Waals surface area contributed by atoms with Crippen LogP contribution in [0.4, 0.5) is 10.1 Å². The summed E-state index contributed by atoms with van der Waals surface area (Å²) in [7, 11) is -2.68. The quantitative estimate of drug-likeness (QED) is 0.559. The molecule has 0 heterocycles. The van der Waals surface area contributed by atoms with Gasteiger partial charge < -0.3 is 0 Å². The molecule has 1 aromatic carbocycles. The number of thiol groups is 1. The normalized spacial score (nSPS) is 9.46. The van der Waals surface area contributed by atoms with Gasteiger partial charge in [0.15, 0.2) is 0 Å². The van der Waals surface area contributed by atoms with E-state index in [1.165, 1.54) is 18.2 Å². The molecule has 1 aromatic rings. The largest absolute Gasteiger partial charge is 0.285 e. The molecule has 0 bridgehead atoms. The Balaban J connectivity index is 0.00000144. The third kappa shape index (κ3) is 4.08. The fourth-order valence-electron chi connectivity index (χ4n) is 0.851. The fourth-order valence-corrected chi connectivity index (χ4v) is 1.30. The number of halogens is 1. The second-order valence-electron chi connectivity index (χ2n) is 2.33. The first-order valence-electron chi connectivity index (χ1n) is 3.27. The van der Waals surface area contributed by atoms with Crippen LogP contribution >= 0.6 is 0 Å². The van der Waals surface area contributed by atoms with E-state index in [-0.39, 0.29) is 35.4 Å². The van der Waals surface area contributed by atoms with Crippen molar-refractivity contribution >= 4 is 46.1 Å². The minimum Gasteiger partial charge on any atom is -0.285 e. The number of hydrogen-bond donors (Lipinski definition) is 2. The third-order valence-electron chi connectivity index (χ3n) is 1.40. The number of anilines is 1. The molecule has 6 heteroatoms. The first-order chi connectivity index (χ1) is 5.59. The predicted octanol–water partition coefficient (Wildman–Crippen LogP) is 0.692. The molecule has 0 aromatic heterocycles. The van der Waals surface area contributed by atoms with Gasteiger partial charge in [0.05, 0.1) is 5.69 Å². The van der Waals surface area contributed by atoms with Crippen molar-refractivity contribution < 1.29 is 12.8 Å². The zero-order valence-electron chi connectivity index (χ0n) is 7.37. The summed E-state index contributed by atoms with van der Waals surface area (Å²) in [6.07, 6.45) is 0. The van der Waals surface area contributed by atoms with Crippen LogP contribution < -0.4 is 4.72 Å². The summed E-state index contributed by atoms with van der Waals surface area (Å²) in [5, 5.41) is 0. The molecule has 0 unspecified atom stereocenters. The van der Waals surface area contributed by atoms with Crippen LogP contribution in [0.5, 0.6) is 0 Å². The number of rotatable bonds is 2. The minimum absolute atomic E-state index is 0. The molecule has 1 radical (unpaired) electrons. The molecular formula is C7H8FNNaO2S. The fraction of sp³-hybridized carbons (Fsp3) is 0.143. The molecule has 0 fully saturated rings. The zero-order valence-corrected chi connectivity index (χ0v) is 10.3. The molecule has 0 atom stereocenters. The van der Waals surface area contributed by atoms with Crippen LogP contribution in [0.25, 0.3) is 0 Å². The summed E-state index contributed by atoms with van der Waals surface area (Å²) in [5.41, 5.74) is 0.974. The molecule has 0 saturated carbocycles. The summed E-state index contributed by atoms with van der Waals surface area (Å²) in [6.45, 7) is 1.63. The second kappa shape index (κ2) is 5.59. The van der Waals surface area contributed by atoms with Crippen LogP contribution in [0.2, 0.25) is 0 Å². The standard InChI is InChI=1S/C7H8FNO2S.Na/c1-5-4-6(8)2-3-7(5)9-12(10)11;/h2-4,12H,1H3,(H,9,10,11);.